The maximum absolute atomic E-state index is 11.4. The number of aromatic nitrogens is 2. The normalized spacial score (nSPS) is 9.47. The predicted molar refractivity (Wildman–Crippen MR) is 56.9 cm³/mol. The Labute approximate surface area is 98.0 Å². The van der Waals surface area contributed by atoms with Crippen molar-refractivity contribution in [2.24, 2.45) is 0 Å². The lowest BCUT2D eigenvalue weighted by Crippen LogP contribution is -2.29. The molecule has 0 atom stereocenters. The first-order valence-electron chi connectivity index (χ1n) is 4.84. The van der Waals surface area contributed by atoms with Crippen LogP contribution in [-0.2, 0) is 16.1 Å². The molecule has 1 aromatic heterocycles. The van der Waals surface area contributed by atoms with E-state index in [9.17, 15) is 9.59 Å². The Morgan fingerprint density at radius 2 is 2.35 bits per heavy atom. The van der Waals surface area contributed by atoms with Gasteiger partial charge in [0.05, 0.1) is 19.4 Å². The topological polar surface area (TPSA) is 97.0 Å². The zero-order chi connectivity index (χ0) is 12.8. The molecule has 1 amide bonds. The molecule has 0 unspecified atom stereocenters. The third kappa shape index (κ3) is 3.04. The maximum Gasteiger partial charge on any atom is 0.356 e. The van der Waals surface area contributed by atoms with Crippen LogP contribution in [0.15, 0.2) is 6.20 Å². The third-order valence-electron chi connectivity index (χ3n) is 2.12. The molecule has 7 nitrogen and oxygen atoms in total. The summed E-state index contributed by atoms with van der Waals surface area (Å²) in [5.41, 5.74) is 0.206. The number of amides is 1. The van der Waals surface area contributed by atoms with E-state index in [4.69, 9.17) is 5.26 Å². The highest BCUT2D eigenvalue weighted by atomic mass is 16.5. The van der Waals surface area contributed by atoms with Gasteiger partial charge in [-0.3, -0.25) is 4.79 Å². The first kappa shape index (κ1) is 12.7. The van der Waals surface area contributed by atoms with Crippen molar-refractivity contribution in [3.8, 4) is 6.07 Å². The number of rotatable bonds is 4. The summed E-state index contributed by atoms with van der Waals surface area (Å²) in [6.07, 6.45) is 1.35. The van der Waals surface area contributed by atoms with Gasteiger partial charge >= 0.3 is 5.97 Å². The van der Waals surface area contributed by atoms with Gasteiger partial charge in [-0.2, -0.15) is 5.26 Å². The molecule has 90 valence electrons. The van der Waals surface area contributed by atoms with E-state index in [2.05, 4.69) is 15.0 Å². The SMILES string of the molecule is COC(=O)c1cnc(C)n1CC(=O)NCC#N. The minimum Gasteiger partial charge on any atom is -0.464 e. The van der Waals surface area contributed by atoms with Gasteiger partial charge in [-0.15, -0.1) is 0 Å². The second-order valence-electron chi connectivity index (χ2n) is 3.20. The van der Waals surface area contributed by atoms with Gasteiger partial charge in [-0.05, 0) is 6.92 Å². The lowest BCUT2D eigenvalue weighted by Gasteiger charge is -2.08. The van der Waals surface area contributed by atoms with Crippen molar-refractivity contribution in [3.63, 3.8) is 0 Å². The molecule has 1 N–H and O–H groups in total. The number of aryl methyl sites for hydroxylation is 1. The minimum atomic E-state index is -0.557. The van der Waals surface area contributed by atoms with Gasteiger partial charge in [-0.25, -0.2) is 9.78 Å². The predicted octanol–water partition coefficient (Wildman–Crippen LogP) is -0.382. The molecule has 1 rings (SSSR count). The molecule has 0 bridgehead atoms. The van der Waals surface area contributed by atoms with Gasteiger partial charge in [0.1, 0.15) is 24.6 Å². The lowest BCUT2D eigenvalue weighted by molar-refractivity contribution is -0.121. The number of imidazole rings is 1. The highest BCUT2D eigenvalue weighted by Gasteiger charge is 2.16. The molecule has 0 aromatic carbocycles. The second kappa shape index (κ2) is 5.65. The number of methoxy groups -OCH3 is 1. The van der Waals surface area contributed by atoms with Crippen LogP contribution in [0.5, 0.6) is 0 Å². The Morgan fingerprint density at radius 1 is 1.65 bits per heavy atom. The number of ether oxygens (including phenoxy) is 1. The van der Waals surface area contributed by atoms with Gasteiger partial charge in [0.25, 0.3) is 0 Å². The highest BCUT2D eigenvalue weighted by Crippen LogP contribution is 2.05. The molecule has 1 heterocycles. The molecule has 7 heteroatoms. The van der Waals surface area contributed by atoms with Crippen molar-refractivity contribution in [3.05, 3.63) is 17.7 Å². The molecule has 0 spiro atoms. The standard InChI is InChI=1S/C10H12N4O3/c1-7-13-5-8(10(16)17-2)14(7)6-9(15)12-4-3-11/h5H,4,6H2,1-2H3,(H,12,15). The molecule has 0 fully saturated rings. The number of nitrogens with one attached hydrogen (secondary N) is 1. The third-order valence-corrected chi connectivity index (χ3v) is 2.12. The van der Waals surface area contributed by atoms with Crippen LogP contribution >= 0.6 is 0 Å². The van der Waals surface area contributed by atoms with Gasteiger partial charge in [-0.1, -0.05) is 0 Å². The van der Waals surface area contributed by atoms with E-state index in [0.717, 1.165) is 0 Å². The maximum atomic E-state index is 11.4. The molecule has 1 aromatic rings. The average Bonchev–Trinajstić information content (AvgIpc) is 2.67. The van der Waals surface area contributed by atoms with Crippen molar-refractivity contribution in [2.45, 2.75) is 13.5 Å². The van der Waals surface area contributed by atoms with Crippen LogP contribution in [0.2, 0.25) is 0 Å². The van der Waals surface area contributed by atoms with E-state index in [0.29, 0.717) is 5.82 Å². The summed E-state index contributed by atoms with van der Waals surface area (Å²) in [5, 5.41) is 10.7. The quantitative estimate of drug-likeness (QED) is 0.567. The lowest BCUT2D eigenvalue weighted by atomic mass is 10.4. The number of hydrogen-bond donors (Lipinski definition) is 1. The molecule has 0 aliphatic carbocycles. The zero-order valence-corrected chi connectivity index (χ0v) is 9.56. The van der Waals surface area contributed by atoms with E-state index in [1.165, 1.54) is 17.9 Å². The van der Waals surface area contributed by atoms with Crippen molar-refractivity contribution in [1.82, 2.24) is 14.9 Å². The Morgan fingerprint density at radius 3 is 2.94 bits per heavy atom. The zero-order valence-electron chi connectivity index (χ0n) is 9.56. The molecule has 0 aliphatic heterocycles. The van der Waals surface area contributed by atoms with Crippen LogP contribution in [0.3, 0.4) is 0 Å². The van der Waals surface area contributed by atoms with Gasteiger partial charge in [0, 0.05) is 0 Å². The summed E-state index contributed by atoms with van der Waals surface area (Å²) in [6.45, 7) is 1.53. The monoisotopic (exact) mass is 236 g/mol. The Balaban J connectivity index is 2.83. The van der Waals surface area contributed by atoms with E-state index < -0.39 is 5.97 Å². The van der Waals surface area contributed by atoms with Gasteiger partial charge in [0.2, 0.25) is 5.91 Å². The Kier molecular flexibility index (Phi) is 4.22. The molecule has 0 saturated carbocycles. The summed E-state index contributed by atoms with van der Waals surface area (Å²) in [4.78, 5) is 26.7. The summed E-state index contributed by atoms with van der Waals surface area (Å²) in [7, 11) is 1.25. The number of nitrogens with zero attached hydrogens (tertiary/aromatic N) is 3. The molecule has 17 heavy (non-hydrogen) atoms. The summed E-state index contributed by atoms with van der Waals surface area (Å²) in [5.74, 6) is -0.394. The van der Waals surface area contributed by atoms with Crippen LogP contribution < -0.4 is 5.32 Å². The average molecular weight is 236 g/mol. The molecule has 0 saturated heterocycles. The van der Waals surface area contributed by atoms with Crippen LogP contribution in [0, 0.1) is 18.3 Å². The first-order valence-corrected chi connectivity index (χ1v) is 4.84. The number of carbonyl (C=O) groups excluding carboxylic acids is 2. The van der Waals surface area contributed by atoms with Gasteiger partial charge in [0.15, 0.2) is 0 Å². The number of esters is 1. The Hall–Kier alpha value is -2.36. The summed E-state index contributed by atoms with van der Waals surface area (Å²) < 4.78 is 6.00. The fraction of sp³-hybridized carbons (Fsp3) is 0.400. The largest absolute Gasteiger partial charge is 0.464 e. The molecular weight excluding hydrogens is 224 g/mol. The van der Waals surface area contributed by atoms with Crippen LogP contribution in [-0.4, -0.2) is 35.1 Å². The number of hydrogen-bond acceptors (Lipinski definition) is 5. The van der Waals surface area contributed by atoms with E-state index in [1.54, 1.807) is 13.0 Å². The molecule has 0 radical (unpaired) electrons. The Bertz CT molecular complexity index is 472. The summed E-state index contributed by atoms with van der Waals surface area (Å²) >= 11 is 0. The first-order chi connectivity index (χ1) is 8.10. The van der Waals surface area contributed by atoms with Gasteiger partial charge < -0.3 is 14.6 Å². The van der Waals surface area contributed by atoms with Crippen LogP contribution in [0.25, 0.3) is 0 Å². The number of carbonyl (C=O) groups is 2. The van der Waals surface area contributed by atoms with Crippen LogP contribution in [0.4, 0.5) is 0 Å². The fourth-order valence-corrected chi connectivity index (χ4v) is 1.27. The highest BCUT2D eigenvalue weighted by molar-refractivity contribution is 5.88. The smallest absolute Gasteiger partial charge is 0.356 e. The van der Waals surface area contributed by atoms with E-state index >= 15 is 0 Å². The van der Waals surface area contributed by atoms with Crippen LogP contribution in [0.1, 0.15) is 16.3 Å². The van der Waals surface area contributed by atoms with Crippen molar-refractivity contribution in [1.29, 1.82) is 5.26 Å². The summed E-state index contributed by atoms with van der Waals surface area (Å²) in [6, 6.07) is 1.79. The minimum absolute atomic E-state index is 0.0693. The number of nitriles is 1. The molecule has 0 aliphatic rings. The van der Waals surface area contributed by atoms with Crippen molar-refractivity contribution < 1.29 is 14.3 Å². The fourth-order valence-electron chi connectivity index (χ4n) is 1.27. The molecular formula is C10H12N4O3. The second-order valence-corrected chi connectivity index (χ2v) is 3.20. The van der Waals surface area contributed by atoms with Crippen molar-refractivity contribution >= 4 is 11.9 Å². The van der Waals surface area contributed by atoms with E-state index in [-0.39, 0.29) is 24.7 Å². The van der Waals surface area contributed by atoms with E-state index in [1.807, 2.05) is 0 Å². The van der Waals surface area contributed by atoms with Crippen molar-refractivity contribution in [2.75, 3.05) is 13.7 Å².